The highest BCUT2D eigenvalue weighted by Crippen LogP contribution is 2.33. The Morgan fingerprint density at radius 1 is 0.921 bits per heavy atom. The normalized spacial score (nSPS) is 14.6. The van der Waals surface area contributed by atoms with Crippen LogP contribution < -0.4 is 9.64 Å². The first-order valence-corrected chi connectivity index (χ1v) is 13.7. The first-order valence-electron chi connectivity index (χ1n) is 13.7. The van der Waals surface area contributed by atoms with Gasteiger partial charge in [0, 0.05) is 50.0 Å². The van der Waals surface area contributed by atoms with Crippen LogP contribution in [0, 0.1) is 11.3 Å². The minimum atomic E-state index is -0.522. The molecule has 3 aromatic rings. The van der Waals surface area contributed by atoms with Gasteiger partial charge in [-0.15, -0.1) is 0 Å². The second kappa shape index (κ2) is 12.6. The molecule has 204 valence electrons. The lowest BCUT2D eigenvalue weighted by molar-refractivity contribution is -0.0300. The van der Waals surface area contributed by atoms with Crippen molar-refractivity contribution in [1.29, 1.82) is 5.26 Å². The van der Waals surface area contributed by atoms with Crippen molar-refractivity contribution in [2.24, 2.45) is 0 Å². The van der Waals surface area contributed by atoms with E-state index >= 15 is 0 Å². The molecular weight excluding hydrogens is 472 g/mol. The molecule has 2 aromatic carbocycles. The third-order valence-electron chi connectivity index (χ3n) is 6.64. The molecule has 38 heavy (non-hydrogen) atoms. The minimum absolute atomic E-state index is 0.201. The lowest BCUT2D eigenvalue weighted by Crippen LogP contribution is -2.44. The van der Waals surface area contributed by atoms with Crippen molar-refractivity contribution in [3.05, 3.63) is 54.2 Å². The zero-order valence-corrected chi connectivity index (χ0v) is 24.5. The lowest BCUT2D eigenvalue weighted by atomic mass is 9.98. The molecule has 1 aromatic heterocycles. The average Bonchev–Trinajstić information content (AvgIpc) is 2.88. The van der Waals surface area contributed by atoms with Crippen molar-refractivity contribution in [2.75, 3.05) is 44.7 Å². The summed E-state index contributed by atoms with van der Waals surface area (Å²) in [4.78, 5) is 9.23. The van der Waals surface area contributed by atoms with Crippen molar-refractivity contribution in [1.82, 2.24) is 9.88 Å². The number of benzene rings is 2. The molecule has 0 radical (unpaired) electrons. The summed E-state index contributed by atoms with van der Waals surface area (Å²) in [6.07, 6.45) is 2.40. The number of rotatable bonds is 7. The van der Waals surface area contributed by atoms with E-state index in [-0.39, 0.29) is 5.60 Å². The Morgan fingerprint density at radius 3 is 2.24 bits per heavy atom. The molecule has 1 aliphatic rings. The maximum Gasteiger partial charge on any atom is 0.232 e. The summed E-state index contributed by atoms with van der Waals surface area (Å²) in [5, 5.41) is 12.4. The second-order valence-corrected chi connectivity index (χ2v) is 11.3. The number of anilines is 1. The minimum Gasteiger partial charge on any atom is -0.471 e. The van der Waals surface area contributed by atoms with Crippen LogP contribution in [0.3, 0.4) is 0 Å². The zero-order valence-electron chi connectivity index (χ0n) is 24.5. The summed E-state index contributed by atoms with van der Waals surface area (Å²) in [5.41, 5.74) is 2.80. The highest BCUT2D eigenvalue weighted by molar-refractivity contribution is 5.90. The van der Waals surface area contributed by atoms with E-state index in [1.54, 1.807) is 6.20 Å². The summed E-state index contributed by atoms with van der Waals surface area (Å²) in [6, 6.07) is 17.2. The number of hydrogen-bond acceptors (Lipinski definition) is 6. The van der Waals surface area contributed by atoms with E-state index in [9.17, 15) is 5.26 Å². The number of pyridine rings is 1. The molecule has 6 heteroatoms. The first kappa shape index (κ1) is 29.4. The van der Waals surface area contributed by atoms with Crippen molar-refractivity contribution in [2.45, 2.75) is 66.1 Å². The van der Waals surface area contributed by atoms with Crippen LogP contribution in [0.1, 0.15) is 60.5 Å². The number of nitriles is 1. The van der Waals surface area contributed by atoms with Crippen LogP contribution in [-0.4, -0.2) is 60.9 Å². The molecule has 0 unspecified atom stereocenters. The Labute approximate surface area is 229 Å². The molecule has 0 bridgehead atoms. The van der Waals surface area contributed by atoms with Gasteiger partial charge in [0.05, 0.1) is 12.2 Å². The van der Waals surface area contributed by atoms with E-state index in [4.69, 9.17) is 9.47 Å². The molecule has 6 nitrogen and oxygen atoms in total. The highest BCUT2D eigenvalue weighted by Gasteiger charge is 2.25. The smallest absolute Gasteiger partial charge is 0.232 e. The number of aromatic nitrogens is 1. The predicted octanol–water partition coefficient (Wildman–Crippen LogP) is 6.91. The fourth-order valence-corrected chi connectivity index (χ4v) is 4.45. The number of likely N-dealkylation sites (N-methyl/N-ethyl adjacent to an activating group) is 1. The molecule has 0 N–H and O–H groups in total. The van der Waals surface area contributed by atoms with Crippen molar-refractivity contribution in [3.8, 4) is 23.1 Å². The number of fused-ring (bicyclic) bond motifs is 1. The summed E-state index contributed by atoms with van der Waals surface area (Å²) >= 11 is 0. The molecule has 2 heterocycles. The number of nitrogens with zero attached hydrogens (tertiary/aromatic N) is 4. The molecule has 0 saturated carbocycles. The van der Waals surface area contributed by atoms with Crippen LogP contribution >= 0.6 is 0 Å². The highest BCUT2D eigenvalue weighted by atomic mass is 16.5. The maximum atomic E-state index is 10.0. The summed E-state index contributed by atoms with van der Waals surface area (Å²) in [6.45, 7) is 18.9. The number of hydrogen-bond donors (Lipinski definition) is 0. The van der Waals surface area contributed by atoms with Crippen molar-refractivity contribution in [3.63, 3.8) is 0 Å². The van der Waals surface area contributed by atoms with Crippen LogP contribution in [0.15, 0.2) is 48.7 Å². The summed E-state index contributed by atoms with van der Waals surface area (Å²) in [7, 11) is 2.17. The van der Waals surface area contributed by atoms with Crippen LogP contribution in [0.5, 0.6) is 5.88 Å². The molecule has 0 atom stereocenters. The van der Waals surface area contributed by atoms with Crippen LogP contribution in [0.2, 0.25) is 0 Å². The van der Waals surface area contributed by atoms with Crippen LogP contribution in [0.4, 0.5) is 5.69 Å². The average molecular weight is 517 g/mol. The molecule has 0 aliphatic carbocycles. The first-order chi connectivity index (χ1) is 18.0. The van der Waals surface area contributed by atoms with E-state index < -0.39 is 5.60 Å². The van der Waals surface area contributed by atoms with E-state index in [0.29, 0.717) is 24.5 Å². The molecule has 4 rings (SSSR count). The molecular formula is C32H44N4O2. The van der Waals surface area contributed by atoms with Gasteiger partial charge in [-0.2, -0.15) is 5.26 Å². The Morgan fingerprint density at radius 2 is 1.58 bits per heavy atom. The van der Waals surface area contributed by atoms with Gasteiger partial charge in [0.2, 0.25) is 5.88 Å². The Bertz CT molecular complexity index is 1250. The van der Waals surface area contributed by atoms with Gasteiger partial charge in [-0.1, -0.05) is 32.0 Å². The van der Waals surface area contributed by atoms with E-state index in [1.807, 2.05) is 54.5 Å². The van der Waals surface area contributed by atoms with E-state index in [1.165, 1.54) is 11.1 Å². The van der Waals surface area contributed by atoms with E-state index in [0.717, 1.165) is 42.7 Å². The molecule has 0 amide bonds. The molecule has 1 aliphatic heterocycles. The van der Waals surface area contributed by atoms with Gasteiger partial charge in [0.1, 0.15) is 17.2 Å². The van der Waals surface area contributed by atoms with Crippen molar-refractivity contribution >= 4 is 16.5 Å². The van der Waals surface area contributed by atoms with Gasteiger partial charge in [-0.05, 0) is 82.3 Å². The van der Waals surface area contributed by atoms with Crippen LogP contribution in [0.25, 0.3) is 21.9 Å². The molecule has 0 spiro atoms. The van der Waals surface area contributed by atoms with Crippen LogP contribution in [-0.2, 0) is 4.74 Å². The van der Waals surface area contributed by atoms with Gasteiger partial charge in [0.15, 0.2) is 0 Å². The Kier molecular flexibility index (Phi) is 9.76. The van der Waals surface area contributed by atoms with Gasteiger partial charge in [-0.3, -0.25) is 0 Å². The monoisotopic (exact) mass is 516 g/mol. The van der Waals surface area contributed by atoms with Gasteiger partial charge in [-0.25, -0.2) is 4.98 Å². The maximum absolute atomic E-state index is 10.0. The molecule has 1 saturated heterocycles. The van der Waals surface area contributed by atoms with Gasteiger partial charge < -0.3 is 19.3 Å². The third kappa shape index (κ3) is 7.69. The largest absolute Gasteiger partial charge is 0.471 e. The summed E-state index contributed by atoms with van der Waals surface area (Å²) < 4.78 is 12.1. The van der Waals surface area contributed by atoms with Gasteiger partial charge >= 0.3 is 0 Å². The zero-order chi connectivity index (χ0) is 27.9. The standard InChI is InChI=1S/C30H38N4O2.C2H6/c1-29(2,3)35-18-12-30(4,5)36-28-27(21-31)26(11-13-32-28)24-8-7-23-20-25(10-9-22(23)19-24)34-16-14-33(6)15-17-34;1-2/h7-11,13,19-20H,12,14-18H2,1-6H3;1-2H3. The topological polar surface area (TPSA) is 61.6 Å². The number of ether oxygens (including phenoxy) is 2. The molecule has 1 fully saturated rings. The van der Waals surface area contributed by atoms with E-state index in [2.05, 4.69) is 64.3 Å². The number of piperazine rings is 1. The van der Waals surface area contributed by atoms with Crippen molar-refractivity contribution < 1.29 is 9.47 Å². The fourth-order valence-electron chi connectivity index (χ4n) is 4.45. The fraction of sp³-hybridized carbons (Fsp3) is 0.500. The second-order valence-electron chi connectivity index (χ2n) is 11.3. The Hall–Kier alpha value is -3.14. The van der Waals surface area contributed by atoms with Gasteiger partial charge in [0.25, 0.3) is 0 Å². The lowest BCUT2D eigenvalue weighted by Gasteiger charge is -2.34. The SMILES string of the molecule is CC.CN1CCN(c2ccc3cc(-c4ccnc(OC(C)(C)CCOC(C)(C)C)c4C#N)ccc3c2)CC1. The quantitative estimate of drug-likeness (QED) is 0.340. The predicted molar refractivity (Wildman–Crippen MR) is 158 cm³/mol. The Balaban J connectivity index is 0.00000195. The third-order valence-corrected chi connectivity index (χ3v) is 6.64. The summed E-state index contributed by atoms with van der Waals surface area (Å²) in [5.74, 6) is 0.362.